The van der Waals surface area contributed by atoms with Crippen LogP contribution in [-0.4, -0.2) is 20.9 Å². The highest BCUT2D eigenvalue weighted by molar-refractivity contribution is 4.99. The van der Waals surface area contributed by atoms with Gasteiger partial charge in [0.2, 0.25) is 0 Å². The second-order valence-electron chi connectivity index (χ2n) is 3.41. The monoisotopic (exact) mass is 223 g/mol. The van der Waals surface area contributed by atoms with Crippen LogP contribution in [0, 0.1) is 0 Å². The summed E-state index contributed by atoms with van der Waals surface area (Å²) in [6.07, 6.45) is -5.29. The molecule has 0 unspecified atom stereocenters. The van der Waals surface area contributed by atoms with Gasteiger partial charge in [0.15, 0.2) is 5.82 Å². The maximum absolute atomic E-state index is 12.2. The van der Waals surface area contributed by atoms with Gasteiger partial charge in [0.1, 0.15) is 18.3 Å². The number of quaternary nitrogens is 1. The van der Waals surface area contributed by atoms with Crippen LogP contribution >= 0.6 is 0 Å². The van der Waals surface area contributed by atoms with E-state index in [1.165, 1.54) is 4.57 Å². The highest BCUT2D eigenvalue weighted by Gasteiger charge is 2.31. The fourth-order valence-corrected chi connectivity index (χ4v) is 1.37. The second-order valence-corrected chi connectivity index (χ2v) is 3.41. The Bertz CT molecular complexity index is 329. The Kier molecular flexibility index (Phi) is 3.33. The van der Waals surface area contributed by atoms with Crippen LogP contribution in [0.5, 0.6) is 0 Å². The molecule has 1 heterocycles. The molecule has 0 aliphatic heterocycles. The largest absolute Gasteiger partial charge is 0.396 e. The first-order chi connectivity index (χ1) is 6.85. The molecule has 0 saturated heterocycles. The van der Waals surface area contributed by atoms with Gasteiger partial charge < -0.3 is 10.3 Å². The van der Waals surface area contributed by atoms with Crippen molar-refractivity contribution in [3.8, 4) is 0 Å². The molecule has 1 atom stereocenters. The summed E-state index contributed by atoms with van der Waals surface area (Å²) in [5.74, 6) is 0.451. The first-order valence-electron chi connectivity index (χ1n) is 4.67. The quantitative estimate of drug-likeness (QED) is 0.820. The summed E-state index contributed by atoms with van der Waals surface area (Å²) in [5, 5.41) is 7.27. The van der Waals surface area contributed by atoms with E-state index < -0.39 is 12.6 Å². The number of aromatic nitrogens is 3. The predicted molar refractivity (Wildman–Crippen MR) is 46.8 cm³/mol. The lowest BCUT2D eigenvalue weighted by Crippen LogP contribution is -2.52. The van der Waals surface area contributed by atoms with Crippen molar-refractivity contribution in [2.24, 2.45) is 0 Å². The molecule has 7 heteroatoms. The van der Waals surface area contributed by atoms with Gasteiger partial charge in [-0.25, -0.2) is 0 Å². The summed E-state index contributed by atoms with van der Waals surface area (Å²) in [5.41, 5.74) is 3.72. The fourth-order valence-electron chi connectivity index (χ4n) is 1.37. The van der Waals surface area contributed by atoms with Crippen molar-refractivity contribution in [1.29, 1.82) is 0 Å². The highest BCUT2D eigenvalue weighted by atomic mass is 19.4. The molecule has 0 aliphatic rings. The van der Waals surface area contributed by atoms with Gasteiger partial charge in [-0.05, 0) is 13.8 Å². The van der Waals surface area contributed by atoms with Crippen LogP contribution in [0.1, 0.15) is 31.5 Å². The van der Waals surface area contributed by atoms with Gasteiger partial charge in [-0.3, -0.25) is 0 Å². The smallest absolute Gasteiger partial charge is 0.349 e. The molecule has 0 spiro atoms. The molecular weight excluding hydrogens is 209 g/mol. The Morgan fingerprint density at radius 3 is 2.40 bits per heavy atom. The SMILES string of the molecule is CCn1c(CC(F)(F)F)nnc1[C@@H](C)[NH3+]. The number of hydrogen-bond donors (Lipinski definition) is 1. The number of hydrogen-bond acceptors (Lipinski definition) is 2. The third-order valence-electron chi connectivity index (χ3n) is 1.97. The first-order valence-corrected chi connectivity index (χ1v) is 4.67. The van der Waals surface area contributed by atoms with Gasteiger partial charge in [0.25, 0.3) is 0 Å². The maximum atomic E-state index is 12.2. The van der Waals surface area contributed by atoms with E-state index in [1.54, 1.807) is 13.8 Å². The van der Waals surface area contributed by atoms with Crippen molar-refractivity contribution in [3.05, 3.63) is 11.6 Å². The first kappa shape index (κ1) is 12.0. The molecule has 86 valence electrons. The third kappa shape index (κ3) is 2.92. The van der Waals surface area contributed by atoms with E-state index in [9.17, 15) is 13.2 Å². The average Bonchev–Trinajstić information content (AvgIpc) is 2.44. The van der Waals surface area contributed by atoms with E-state index in [-0.39, 0.29) is 11.9 Å². The van der Waals surface area contributed by atoms with Crippen LogP contribution in [0.15, 0.2) is 0 Å². The van der Waals surface area contributed by atoms with Crippen LogP contribution in [0.4, 0.5) is 13.2 Å². The Morgan fingerprint density at radius 2 is 2.00 bits per heavy atom. The van der Waals surface area contributed by atoms with Gasteiger partial charge in [-0.1, -0.05) is 0 Å². The van der Waals surface area contributed by atoms with E-state index >= 15 is 0 Å². The van der Waals surface area contributed by atoms with Crippen molar-refractivity contribution >= 4 is 0 Å². The lowest BCUT2D eigenvalue weighted by molar-refractivity contribution is -0.423. The molecule has 0 aliphatic carbocycles. The molecule has 1 aromatic heterocycles. The zero-order valence-electron chi connectivity index (χ0n) is 8.67. The summed E-state index contributed by atoms with van der Waals surface area (Å²) >= 11 is 0. The van der Waals surface area contributed by atoms with Crippen LogP contribution < -0.4 is 5.73 Å². The van der Waals surface area contributed by atoms with Gasteiger partial charge in [0, 0.05) is 6.54 Å². The molecule has 0 saturated carbocycles. The number of rotatable bonds is 3. The molecule has 3 N–H and O–H groups in total. The Labute approximate surface area is 85.3 Å². The number of nitrogens with zero attached hydrogens (tertiary/aromatic N) is 3. The molecule has 0 aromatic carbocycles. The van der Waals surface area contributed by atoms with Gasteiger partial charge in [-0.15, -0.1) is 10.2 Å². The minimum Gasteiger partial charge on any atom is -0.349 e. The molecule has 1 aromatic rings. The van der Waals surface area contributed by atoms with Gasteiger partial charge >= 0.3 is 6.18 Å². The van der Waals surface area contributed by atoms with Crippen LogP contribution in [0.3, 0.4) is 0 Å². The molecular formula is C8H14F3N4+. The van der Waals surface area contributed by atoms with Crippen LogP contribution in [-0.2, 0) is 13.0 Å². The number of alkyl halides is 3. The summed E-state index contributed by atoms with van der Waals surface area (Å²) < 4.78 is 38.0. The molecule has 1 rings (SSSR count). The van der Waals surface area contributed by atoms with Crippen LogP contribution in [0.2, 0.25) is 0 Å². The van der Waals surface area contributed by atoms with E-state index in [2.05, 4.69) is 15.9 Å². The normalized spacial score (nSPS) is 14.3. The van der Waals surface area contributed by atoms with Crippen molar-refractivity contribution in [3.63, 3.8) is 0 Å². The second kappa shape index (κ2) is 4.18. The minimum absolute atomic E-state index is 0.0458. The number of halogens is 3. The van der Waals surface area contributed by atoms with Crippen molar-refractivity contribution in [2.75, 3.05) is 0 Å². The summed E-state index contributed by atoms with van der Waals surface area (Å²) in [6, 6.07) is -0.167. The van der Waals surface area contributed by atoms with E-state index in [0.29, 0.717) is 12.4 Å². The van der Waals surface area contributed by atoms with E-state index in [1.807, 2.05) is 0 Å². The van der Waals surface area contributed by atoms with Gasteiger partial charge in [0.05, 0.1) is 0 Å². The van der Waals surface area contributed by atoms with Crippen molar-refractivity contribution < 1.29 is 18.9 Å². The Hall–Kier alpha value is -1.11. The molecule has 4 nitrogen and oxygen atoms in total. The summed E-state index contributed by atoms with van der Waals surface area (Å²) in [7, 11) is 0. The molecule has 0 radical (unpaired) electrons. The molecule has 15 heavy (non-hydrogen) atoms. The maximum Gasteiger partial charge on any atom is 0.396 e. The summed E-state index contributed by atoms with van der Waals surface area (Å²) in [6.45, 7) is 3.95. The van der Waals surface area contributed by atoms with E-state index in [4.69, 9.17) is 0 Å². The Balaban J connectivity index is 2.99. The topological polar surface area (TPSA) is 58.4 Å². The molecule has 0 bridgehead atoms. The summed E-state index contributed by atoms with van der Waals surface area (Å²) in [4.78, 5) is 0. The predicted octanol–water partition coefficient (Wildman–Crippen LogP) is 0.706. The minimum atomic E-state index is -4.25. The average molecular weight is 223 g/mol. The third-order valence-corrected chi connectivity index (χ3v) is 1.97. The fraction of sp³-hybridized carbons (Fsp3) is 0.750. The van der Waals surface area contributed by atoms with Crippen molar-refractivity contribution in [2.45, 2.75) is 39.0 Å². The standard InChI is InChI=1S/C8H13F3N4/c1-3-15-6(4-8(9,10)11)13-14-7(15)5(2)12/h5H,3-4,12H2,1-2H3/p+1/t5-/m1/s1. The molecule has 0 amide bonds. The molecule has 0 fully saturated rings. The van der Waals surface area contributed by atoms with Gasteiger partial charge in [-0.2, -0.15) is 13.2 Å². The Morgan fingerprint density at radius 1 is 1.40 bits per heavy atom. The highest BCUT2D eigenvalue weighted by Crippen LogP contribution is 2.21. The van der Waals surface area contributed by atoms with Crippen LogP contribution in [0.25, 0.3) is 0 Å². The zero-order valence-corrected chi connectivity index (χ0v) is 8.67. The van der Waals surface area contributed by atoms with E-state index in [0.717, 1.165) is 0 Å². The zero-order chi connectivity index (χ0) is 11.6. The lowest BCUT2D eigenvalue weighted by atomic mass is 10.3. The van der Waals surface area contributed by atoms with Crippen molar-refractivity contribution in [1.82, 2.24) is 14.8 Å². The lowest BCUT2D eigenvalue weighted by Gasteiger charge is -2.09.